The molecule has 0 aliphatic carbocycles. The van der Waals surface area contributed by atoms with Gasteiger partial charge in [-0.2, -0.15) is 0 Å². The van der Waals surface area contributed by atoms with Crippen LogP contribution in [0.15, 0.2) is 48.5 Å². The summed E-state index contributed by atoms with van der Waals surface area (Å²) in [5.41, 5.74) is 1.23. The molecule has 6 nitrogen and oxygen atoms in total. The van der Waals surface area contributed by atoms with Crippen LogP contribution in [-0.2, 0) is 9.59 Å². The van der Waals surface area contributed by atoms with Crippen molar-refractivity contribution in [1.82, 2.24) is 5.32 Å². The van der Waals surface area contributed by atoms with Crippen LogP contribution in [0.3, 0.4) is 0 Å². The molecule has 2 aromatic carbocycles. The molecule has 1 heterocycles. The van der Waals surface area contributed by atoms with Crippen molar-refractivity contribution >= 4 is 23.2 Å². The molecule has 0 bridgehead atoms. The molecule has 0 saturated heterocycles. The van der Waals surface area contributed by atoms with Crippen LogP contribution in [0.25, 0.3) is 0 Å². The summed E-state index contributed by atoms with van der Waals surface area (Å²) >= 11 is 0. The number of carbonyl (C=O) groups is 2. The first kappa shape index (κ1) is 20.6. The number of benzene rings is 2. The van der Waals surface area contributed by atoms with Crippen molar-refractivity contribution in [2.75, 3.05) is 36.5 Å². The zero-order valence-corrected chi connectivity index (χ0v) is 16.7. The lowest BCUT2D eigenvalue weighted by molar-refractivity contribution is -0.125. The van der Waals surface area contributed by atoms with Crippen LogP contribution in [0.4, 0.5) is 15.8 Å². The number of nitrogens with zero attached hydrogens (tertiary/aromatic N) is 2. The lowest BCUT2D eigenvalue weighted by atomic mass is 10.1. The van der Waals surface area contributed by atoms with E-state index in [4.69, 9.17) is 4.74 Å². The molecule has 0 radical (unpaired) electrons. The number of anilines is 2. The molecule has 2 amide bonds. The molecule has 0 spiro atoms. The van der Waals surface area contributed by atoms with Gasteiger partial charge < -0.3 is 19.9 Å². The second-order valence-corrected chi connectivity index (χ2v) is 7.04. The highest BCUT2D eigenvalue weighted by molar-refractivity contribution is 6.00. The fourth-order valence-corrected chi connectivity index (χ4v) is 3.32. The lowest BCUT2D eigenvalue weighted by Gasteiger charge is -2.32. The quantitative estimate of drug-likeness (QED) is 0.694. The van der Waals surface area contributed by atoms with Gasteiger partial charge in [0.05, 0.1) is 11.4 Å². The molecule has 2 aromatic rings. The van der Waals surface area contributed by atoms with E-state index in [9.17, 15) is 14.0 Å². The van der Waals surface area contributed by atoms with Gasteiger partial charge in [0.25, 0.3) is 5.91 Å². The summed E-state index contributed by atoms with van der Waals surface area (Å²) in [6.45, 7) is 3.11. The molecular formula is C22H26FN3O3. The summed E-state index contributed by atoms with van der Waals surface area (Å²) in [5.74, 6) is 0.117. The molecular weight excluding hydrogens is 373 g/mol. The first-order valence-corrected chi connectivity index (χ1v) is 9.77. The molecule has 154 valence electrons. The second-order valence-electron chi connectivity index (χ2n) is 7.04. The molecule has 0 aromatic heterocycles. The number of para-hydroxylation sites is 3. The predicted molar refractivity (Wildman–Crippen MR) is 111 cm³/mol. The highest BCUT2D eigenvalue weighted by Gasteiger charge is 2.31. The molecule has 3 rings (SSSR count). The number of nitrogens with one attached hydrogen (secondary N) is 1. The number of carbonyl (C=O) groups excluding carboxylic acids is 2. The Morgan fingerprint density at radius 1 is 1.21 bits per heavy atom. The van der Waals surface area contributed by atoms with Gasteiger partial charge in [-0.3, -0.25) is 9.59 Å². The lowest BCUT2D eigenvalue weighted by Crippen LogP contribution is -2.45. The fourth-order valence-electron chi connectivity index (χ4n) is 3.32. The summed E-state index contributed by atoms with van der Waals surface area (Å²) in [7, 11) is 1.82. The molecule has 1 unspecified atom stereocenters. The van der Waals surface area contributed by atoms with E-state index in [2.05, 4.69) is 5.32 Å². The normalized spacial score (nSPS) is 15.5. The smallest absolute Gasteiger partial charge is 0.267 e. The first-order chi connectivity index (χ1) is 14.0. The summed E-state index contributed by atoms with van der Waals surface area (Å²) in [4.78, 5) is 28.1. The Kier molecular flexibility index (Phi) is 6.69. The minimum absolute atomic E-state index is 0.122. The number of fused-ring (bicyclic) bond motifs is 1. The van der Waals surface area contributed by atoms with Gasteiger partial charge in [0.15, 0.2) is 6.10 Å². The number of amides is 2. The van der Waals surface area contributed by atoms with Crippen molar-refractivity contribution in [3.05, 3.63) is 54.3 Å². The summed E-state index contributed by atoms with van der Waals surface area (Å²) in [5, 5.41) is 2.87. The van der Waals surface area contributed by atoms with Crippen LogP contribution in [0.2, 0.25) is 0 Å². The Morgan fingerprint density at radius 2 is 1.93 bits per heavy atom. The van der Waals surface area contributed by atoms with Crippen molar-refractivity contribution in [3.63, 3.8) is 0 Å². The second kappa shape index (κ2) is 9.41. The van der Waals surface area contributed by atoms with Crippen LogP contribution in [0, 0.1) is 5.82 Å². The Hall–Kier alpha value is -3.09. The van der Waals surface area contributed by atoms with Gasteiger partial charge in [-0.05, 0) is 37.6 Å². The maximum atomic E-state index is 13.8. The summed E-state index contributed by atoms with van der Waals surface area (Å²) in [6, 6.07) is 13.9. The van der Waals surface area contributed by atoms with Crippen molar-refractivity contribution < 1.29 is 18.7 Å². The van der Waals surface area contributed by atoms with Gasteiger partial charge in [-0.25, -0.2) is 4.39 Å². The van der Waals surface area contributed by atoms with Gasteiger partial charge in [0.1, 0.15) is 11.6 Å². The van der Waals surface area contributed by atoms with E-state index < -0.39 is 6.10 Å². The maximum Gasteiger partial charge on any atom is 0.267 e. The van der Waals surface area contributed by atoms with Gasteiger partial charge >= 0.3 is 0 Å². The number of halogens is 1. The molecule has 29 heavy (non-hydrogen) atoms. The van der Waals surface area contributed by atoms with Crippen LogP contribution in [-0.4, -0.2) is 44.6 Å². The van der Waals surface area contributed by atoms with Gasteiger partial charge in [0.2, 0.25) is 5.91 Å². The highest BCUT2D eigenvalue weighted by atomic mass is 19.1. The number of ether oxygens (including phenoxy) is 1. The van der Waals surface area contributed by atoms with Crippen molar-refractivity contribution in [2.45, 2.75) is 25.9 Å². The van der Waals surface area contributed by atoms with Gasteiger partial charge in [-0.15, -0.1) is 0 Å². The molecule has 0 saturated carbocycles. The van der Waals surface area contributed by atoms with Gasteiger partial charge in [0, 0.05) is 33.1 Å². The van der Waals surface area contributed by atoms with Crippen LogP contribution >= 0.6 is 0 Å². The van der Waals surface area contributed by atoms with E-state index in [1.165, 1.54) is 6.07 Å². The average molecular weight is 399 g/mol. The van der Waals surface area contributed by atoms with E-state index in [1.807, 2.05) is 36.2 Å². The molecule has 1 atom stereocenters. The van der Waals surface area contributed by atoms with E-state index in [0.717, 1.165) is 0 Å². The van der Waals surface area contributed by atoms with Crippen LogP contribution < -0.4 is 19.9 Å². The third-order valence-electron chi connectivity index (χ3n) is 4.89. The van der Waals surface area contributed by atoms with E-state index in [-0.39, 0.29) is 24.1 Å². The monoisotopic (exact) mass is 399 g/mol. The number of rotatable bonds is 8. The molecule has 1 aliphatic rings. The van der Waals surface area contributed by atoms with Crippen LogP contribution in [0.1, 0.15) is 19.8 Å². The summed E-state index contributed by atoms with van der Waals surface area (Å²) < 4.78 is 19.4. The molecule has 1 N–H and O–H groups in total. The minimum atomic E-state index is -0.568. The highest BCUT2D eigenvalue weighted by Crippen LogP contribution is 2.33. The van der Waals surface area contributed by atoms with Crippen molar-refractivity contribution in [2.24, 2.45) is 0 Å². The van der Waals surface area contributed by atoms with E-state index in [1.54, 1.807) is 30.0 Å². The average Bonchev–Trinajstić information content (AvgIpc) is 2.71. The SMILES string of the molecule is CC1Oc2ccccc2N(CCC(=O)NCCCN(C)c2ccccc2F)C1=O. The topological polar surface area (TPSA) is 61.9 Å². The first-order valence-electron chi connectivity index (χ1n) is 9.77. The Labute approximate surface area is 170 Å². The number of hydrogen-bond acceptors (Lipinski definition) is 4. The van der Waals surface area contributed by atoms with Gasteiger partial charge in [-0.1, -0.05) is 24.3 Å². The maximum absolute atomic E-state index is 13.8. The zero-order chi connectivity index (χ0) is 20.8. The van der Waals surface area contributed by atoms with E-state index >= 15 is 0 Å². The molecule has 0 fully saturated rings. The predicted octanol–water partition coefficient (Wildman–Crippen LogP) is 2.97. The summed E-state index contributed by atoms with van der Waals surface area (Å²) in [6.07, 6.45) is 0.324. The third-order valence-corrected chi connectivity index (χ3v) is 4.89. The van der Waals surface area contributed by atoms with E-state index in [0.29, 0.717) is 43.2 Å². The van der Waals surface area contributed by atoms with Crippen molar-refractivity contribution in [1.29, 1.82) is 0 Å². The Bertz CT molecular complexity index is 874. The van der Waals surface area contributed by atoms with Crippen LogP contribution in [0.5, 0.6) is 5.75 Å². The fraction of sp³-hybridized carbons (Fsp3) is 0.364. The molecule has 7 heteroatoms. The largest absolute Gasteiger partial charge is 0.479 e. The number of hydrogen-bond donors (Lipinski definition) is 1. The van der Waals surface area contributed by atoms with Crippen molar-refractivity contribution in [3.8, 4) is 5.75 Å². The Morgan fingerprint density at radius 3 is 2.72 bits per heavy atom. The minimum Gasteiger partial charge on any atom is -0.479 e. The standard InChI is InChI=1S/C22H26FN3O3/c1-16-22(28)26(19-10-5-6-11-20(19)29-16)15-12-21(27)24-13-7-14-25(2)18-9-4-3-8-17(18)23/h3-6,8-11,16H,7,12-15H2,1-2H3,(H,24,27). The third kappa shape index (κ3) is 5.04. The molecule has 1 aliphatic heterocycles. The zero-order valence-electron chi connectivity index (χ0n) is 16.7. The Balaban J connectivity index is 1.43.